The van der Waals surface area contributed by atoms with Crippen LogP contribution >= 0.6 is 0 Å². The average molecular weight is 351 g/mol. The van der Waals surface area contributed by atoms with E-state index in [1.807, 2.05) is 36.4 Å². The Hall–Kier alpha value is -2.30. The molecule has 0 bridgehead atoms. The Labute approximate surface area is 155 Å². The zero-order valence-electron chi connectivity index (χ0n) is 15.7. The average Bonchev–Trinajstić information content (AvgIpc) is 2.92. The Kier molecular flexibility index (Phi) is 5.96. The van der Waals surface area contributed by atoms with Crippen LogP contribution in [0.2, 0.25) is 0 Å². The molecule has 4 heteroatoms. The van der Waals surface area contributed by atoms with Gasteiger partial charge in [-0.3, -0.25) is 0 Å². The summed E-state index contributed by atoms with van der Waals surface area (Å²) in [4.78, 5) is 0. The second-order valence-corrected chi connectivity index (χ2v) is 7.32. The van der Waals surface area contributed by atoms with Gasteiger partial charge in [-0.25, -0.2) is 0 Å². The van der Waals surface area contributed by atoms with Gasteiger partial charge in [-0.05, 0) is 42.1 Å². The molecular formula is C22H29N3O. The van der Waals surface area contributed by atoms with E-state index in [1.54, 1.807) is 0 Å². The van der Waals surface area contributed by atoms with Crippen molar-refractivity contribution < 1.29 is 5.11 Å². The lowest BCUT2D eigenvalue weighted by molar-refractivity contribution is 0.204. The third-order valence-electron chi connectivity index (χ3n) is 4.55. The topological polar surface area (TPSA) is 63.2 Å². The molecule has 26 heavy (non-hydrogen) atoms. The van der Waals surface area contributed by atoms with Crippen LogP contribution in [0.25, 0.3) is 10.9 Å². The normalized spacial score (nSPS) is 12.7. The molecule has 3 rings (SSSR count). The number of aromatic nitrogens is 1. The lowest BCUT2D eigenvalue weighted by Crippen LogP contribution is -2.21. The first-order valence-electron chi connectivity index (χ1n) is 9.37. The molecule has 0 radical (unpaired) electrons. The molecule has 0 aliphatic rings. The number of aliphatic hydroxyl groups is 1. The molecular weight excluding hydrogens is 322 g/mol. The quantitative estimate of drug-likeness (QED) is 0.541. The van der Waals surface area contributed by atoms with Crippen LogP contribution in [0.4, 0.5) is 5.69 Å². The highest BCUT2D eigenvalue weighted by molar-refractivity contribution is 5.87. The van der Waals surface area contributed by atoms with Crippen LogP contribution < -0.4 is 11.1 Å². The van der Waals surface area contributed by atoms with Crippen molar-refractivity contribution in [3.05, 3.63) is 65.9 Å². The Bertz CT molecular complexity index is 839. The Morgan fingerprint density at radius 1 is 1.12 bits per heavy atom. The fourth-order valence-electron chi connectivity index (χ4n) is 3.44. The summed E-state index contributed by atoms with van der Waals surface area (Å²) in [5, 5.41) is 14.9. The van der Waals surface area contributed by atoms with Crippen molar-refractivity contribution in [2.45, 2.75) is 39.5 Å². The van der Waals surface area contributed by atoms with Gasteiger partial charge in [-0.15, -0.1) is 0 Å². The fourth-order valence-corrected chi connectivity index (χ4v) is 3.44. The number of anilines is 1. The number of hydrogen-bond donors (Lipinski definition) is 3. The van der Waals surface area contributed by atoms with Crippen LogP contribution in [0.5, 0.6) is 0 Å². The van der Waals surface area contributed by atoms with E-state index in [2.05, 4.69) is 42.1 Å². The maximum atomic E-state index is 10.4. The second-order valence-electron chi connectivity index (χ2n) is 7.32. The minimum Gasteiger partial charge on any atom is -0.373 e. The number of aliphatic hydroxyl groups excluding tert-OH is 1. The molecule has 2 aromatic carbocycles. The van der Waals surface area contributed by atoms with Gasteiger partial charge < -0.3 is 20.7 Å². The van der Waals surface area contributed by atoms with E-state index in [0.29, 0.717) is 18.9 Å². The van der Waals surface area contributed by atoms with Gasteiger partial charge in [-0.1, -0.05) is 50.2 Å². The predicted octanol–water partition coefficient (Wildman–Crippen LogP) is 3.77. The third-order valence-corrected chi connectivity index (χ3v) is 4.55. The van der Waals surface area contributed by atoms with E-state index in [1.165, 1.54) is 16.5 Å². The molecule has 0 aliphatic heterocycles. The first-order chi connectivity index (χ1) is 12.6. The van der Waals surface area contributed by atoms with Gasteiger partial charge in [0.2, 0.25) is 0 Å². The lowest BCUT2D eigenvalue weighted by atomic mass is 10.1. The Morgan fingerprint density at radius 3 is 2.58 bits per heavy atom. The molecule has 1 heterocycles. The van der Waals surface area contributed by atoms with Crippen LogP contribution in [0, 0.1) is 5.92 Å². The molecule has 4 N–H and O–H groups in total. The summed E-state index contributed by atoms with van der Waals surface area (Å²) >= 11 is 0. The zero-order valence-corrected chi connectivity index (χ0v) is 15.7. The smallest absolute Gasteiger partial charge is 0.128 e. The first kappa shape index (κ1) is 18.5. The standard InChI is InChI=1S/C22H29N3O/c1-16(2)14-25-15-18(10-11-23)20-9-8-19(13-21(20)25)24-22(26)12-17-6-4-3-5-7-17/h3-9,13,15-16,22,24,26H,10-12,14,23H2,1-2H3. The minimum atomic E-state index is -0.619. The second kappa shape index (κ2) is 8.39. The molecule has 0 aliphatic carbocycles. The number of nitrogens with one attached hydrogen (secondary N) is 1. The Balaban J connectivity index is 1.82. The number of rotatable bonds is 8. The molecule has 1 atom stereocenters. The summed E-state index contributed by atoms with van der Waals surface area (Å²) in [5.41, 5.74) is 10.3. The highest BCUT2D eigenvalue weighted by Gasteiger charge is 2.11. The van der Waals surface area contributed by atoms with Crippen LogP contribution in [-0.2, 0) is 19.4 Å². The minimum absolute atomic E-state index is 0.566. The highest BCUT2D eigenvalue weighted by atomic mass is 16.3. The van der Waals surface area contributed by atoms with Crippen molar-refractivity contribution in [1.82, 2.24) is 4.57 Å². The van der Waals surface area contributed by atoms with Crippen molar-refractivity contribution >= 4 is 16.6 Å². The van der Waals surface area contributed by atoms with Gasteiger partial charge in [0.25, 0.3) is 0 Å². The van der Waals surface area contributed by atoms with Gasteiger partial charge >= 0.3 is 0 Å². The molecule has 3 aromatic rings. The van der Waals surface area contributed by atoms with E-state index in [4.69, 9.17) is 5.73 Å². The zero-order chi connectivity index (χ0) is 18.5. The third kappa shape index (κ3) is 4.45. The number of benzene rings is 2. The van der Waals surface area contributed by atoms with Crippen LogP contribution in [-0.4, -0.2) is 22.4 Å². The lowest BCUT2D eigenvalue weighted by Gasteiger charge is -2.15. The monoisotopic (exact) mass is 351 g/mol. The summed E-state index contributed by atoms with van der Waals surface area (Å²) < 4.78 is 2.31. The number of fused-ring (bicyclic) bond motifs is 1. The summed E-state index contributed by atoms with van der Waals surface area (Å²) in [6.45, 7) is 6.06. The maximum Gasteiger partial charge on any atom is 0.128 e. The van der Waals surface area contributed by atoms with Crippen molar-refractivity contribution in [2.75, 3.05) is 11.9 Å². The van der Waals surface area contributed by atoms with Gasteiger partial charge in [0.15, 0.2) is 0 Å². The molecule has 1 unspecified atom stereocenters. The highest BCUT2D eigenvalue weighted by Crippen LogP contribution is 2.26. The molecule has 0 saturated carbocycles. The molecule has 0 amide bonds. The van der Waals surface area contributed by atoms with E-state index in [0.717, 1.165) is 24.2 Å². The van der Waals surface area contributed by atoms with Gasteiger partial charge in [0.05, 0.1) is 5.52 Å². The van der Waals surface area contributed by atoms with Crippen molar-refractivity contribution in [3.8, 4) is 0 Å². The van der Waals surface area contributed by atoms with Crippen molar-refractivity contribution in [3.63, 3.8) is 0 Å². The van der Waals surface area contributed by atoms with Crippen molar-refractivity contribution in [2.24, 2.45) is 11.7 Å². The Morgan fingerprint density at radius 2 is 1.88 bits per heavy atom. The van der Waals surface area contributed by atoms with Crippen LogP contribution in [0.15, 0.2) is 54.7 Å². The SMILES string of the molecule is CC(C)Cn1cc(CCN)c2ccc(NC(O)Cc3ccccc3)cc21. The van der Waals surface area contributed by atoms with E-state index < -0.39 is 6.23 Å². The van der Waals surface area contributed by atoms with E-state index in [-0.39, 0.29) is 0 Å². The molecule has 4 nitrogen and oxygen atoms in total. The largest absolute Gasteiger partial charge is 0.373 e. The molecule has 0 spiro atoms. The van der Waals surface area contributed by atoms with Gasteiger partial charge in [0.1, 0.15) is 6.23 Å². The maximum absolute atomic E-state index is 10.4. The summed E-state index contributed by atoms with van der Waals surface area (Å²) in [6, 6.07) is 16.3. The predicted molar refractivity (Wildman–Crippen MR) is 109 cm³/mol. The van der Waals surface area contributed by atoms with E-state index >= 15 is 0 Å². The number of nitrogens with zero attached hydrogens (tertiary/aromatic N) is 1. The number of hydrogen-bond acceptors (Lipinski definition) is 3. The molecule has 0 saturated heterocycles. The van der Waals surface area contributed by atoms with Gasteiger partial charge in [-0.2, -0.15) is 0 Å². The summed E-state index contributed by atoms with van der Waals surface area (Å²) in [6.07, 6.45) is 3.06. The summed E-state index contributed by atoms with van der Waals surface area (Å²) in [7, 11) is 0. The molecule has 1 aromatic heterocycles. The molecule has 138 valence electrons. The van der Waals surface area contributed by atoms with E-state index in [9.17, 15) is 5.11 Å². The van der Waals surface area contributed by atoms with Crippen LogP contribution in [0.3, 0.4) is 0 Å². The molecule has 0 fully saturated rings. The van der Waals surface area contributed by atoms with Crippen LogP contribution in [0.1, 0.15) is 25.0 Å². The fraction of sp³-hybridized carbons (Fsp3) is 0.364. The number of nitrogens with two attached hydrogens (primary N) is 1. The first-order valence-corrected chi connectivity index (χ1v) is 9.37. The van der Waals surface area contributed by atoms with Gasteiger partial charge in [0, 0.05) is 30.2 Å². The summed E-state index contributed by atoms with van der Waals surface area (Å²) in [5.74, 6) is 0.566. The van der Waals surface area contributed by atoms with Crippen molar-refractivity contribution in [1.29, 1.82) is 0 Å².